The summed E-state index contributed by atoms with van der Waals surface area (Å²) in [6.45, 7) is 3.62. The van der Waals surface area contributed by atoms with E-state index in [0.717, 1.165) is 0 Å². The lowest BCUT2D eigenvalue weighted by Gasteiger charge is -2.06. The number of aliphatic hydroxyl groups is 1. The molecule has 0 radical (unpaired) electrons. The van der Waals surface area contributed by atoms with Gasteiger partial charge in [0.2, 0.25) is 0 Å². The molecule has 1 aliphatic rings. The molecular weight excluding hydrogens is 166 g/mol. The maximum Gasteiger partial charge on any atom is 0.0920 e. The van der Waals surface area contributed by atoms with Crippen molar-refractivity contribution < 1.29 is 9.84 Å². The Bertz CT molecular complexity index is 242. The first-order valence-electron chi connectivity index (χ1n) is 4.27. The summed E-state index contributed by atoms with van der Waals surface area (Å²) in [6.07, 6.45) is 5.53. The van der Waals surface area contributed by atoms with Gasteiger partial charge in [-0.2, -0.15) is 5.26 Å². The molecule has 3 heteroatoms. The van der Waals surface area contributed by atoms with Gasteiger partial charge in [-0.1, -0.05) is 18.2 Å². The predicted molar refractivity (Wildman–Crippen MR) is 48.8 cm³/mol. The zero-order chi connectivity index (χ0) is 9.68. The number of hydrogen-bond acceptors (Lipinski definition) is 3. The van der Waals surface area contributed by atoms with Crippen molar-refractivity contribution in [2.75, 3.05) is 6.61 Å². The number of aliphatic hydroxyl groups excluding tert-OH is 1. The van der Waals surface area contributed by atoms with Gasteiger partial charge in [-0.15, -0.1) is 6.58 Å². The van der Waals surface area contributed by atoms with Crippen LogP contribution in [-0.4, -0.2) is 23.9 Å². The minimum absolute atomic E-state index is 0.00976. The molecular formula is C10H13NO2. The topological polar surface area (TPSA) is 53.2 Å². The van der Waals surface area contributed by atoms with Crippen molar-refractivity contribution in [2.45, 2.75) is 18.6 Å². The second-order valence-electron chi connectivity index (χ2n) is 2.96. The van der Waals surface area contributed by atoms with Crippen molar-refractivity contribution in [2.24, 2.45) is 5.92 Å². The van der Waals surface area contributed by atoms with Gasteiger partial charge < -0.3 is 9.84 Å². The van der Waals surface area contributed by atoms with E-state index < -0.39 is 0 Å². The van der Waals surface area contributed by atoms with Crippen LogP contribution in [0.3, 0.4) is 0 Å². The summed E-state index contributed by atoms with van der Waals surface area (Å²) >= 11 is 0. The lowest BCUT2D eigenvalue weighted by molar-refractivity contribution is 0.0943. The van der Waals surface area contributed by atoms with Crippen LogP contribution < -0.4 is 0 Å². The molecule has 1 aliphatic heterocycles. The predicted octanol–water partition coefficient (Wildman–Crippen LogP) is 1.02. The number of hydrogen-bond donors (Lipinski definition) is 1. The Labute approximate surface area is 77.9 Å². The molecule has 70 valence electrons. The number of nitriles is 1. The van der Waals surface area contributed by atoms with Crippen molar-refractivity contribution in [3.8, 4) is 6.07 Å². The zero-order valence-corrected chi connectivity index (χ0v) is 7.39. The second-order valence-corrected chi connectivity index (χ2v) is 2.96. The van der Waals surface area contributed by atoms with Gasteiger partial charge in [0.1, 0.15) is 0 Å². The van der Waals surface area contributed by atoms with Gasteiger partial charge in [0.15, 0.2) is 0 Å². The lowest BCUT2D eigenvalue weighted by atomic mass is 10.0. The van der Waals surface area contributed by atoms with Gasteiger partial charge in [-0.3, -0.25) is 0 Å². The third-order valence-electron chi connectivity index (χ3n) is 2.07. The van der Waals surface area contributed by atoms with Gasteiger partial charge in [0.05, 0.1) is 30.8 Å². The maximum atomic E-state index is 8.76. The minimum Gasteiger partial charge on any atom is -0.392 e. The van der Waals surface area contributed by atoms with Crippen LogP contribution in [0, 0.1) is 17.2 Å². The van der Waals surface area contributed by atoms with Crippen LogP contribution in [0.4, 0.5) is 0 Å². The van der Waals surface area contributed by atoms with E-state index in [9.17, 15) is 0 Å². The first-order valence-corrected chi connectivity index (χ1v) is 4.27. The van der Waals surface area contributed by atoms with Crippen LogP contribution in [0.2, 0.25) is 0 Å². The van der Waals surface area contributed by atoms with Crippen LogP contribution in [0.5, 0.6) is 0 Å². The highest BCUT2D eigenvalue weighted by Gasteiger charge is 2.31. The highest BCUT2D eigenvalue weighted by molar-refractivity contribution is 5.06. The van der Waals surface area contributed by atoms with Crippen molar-refractivity contribution in [1.82, 2.24) is 0 Å². The largest absolute Gasteiger partial charge is 0.392 e. The van der Waals surface area contributed by atoms with Gasteiger partial charge in [0.25, 0.3) is 0 Å². The fraction of sp³-hybridized carbons (Fsp3) is 0.500. The molecule has 0 aromatic rings. The van der Waals surface area contributed by atoms with Gasteiger partial charge in [-0.05, 0) is 6.42 Å². The lowest BCUT2D eigenvalue weighted by Crippen LogP contribution is -2.10. The molecule has 1 N–H and O–H groups in total. The van der Waals surface area contributed by atoms with Crippen LogP contribution in [0.25, 0.3) is 0 Å². The Morgan fingerprint density at radius 2 is 2.46 bits per heavy atom. The Morgan fingerprint density at radius 1 is 1.69 bits per heavy atom. The van der Waals surface area contributed by atoms with E-state index in [4.69, 9.17) is 15.1 Å². The summed E-state index contributed by atoms with van der Waals surface area (Å²) in [4.78, 5) is 0. The van der Waals surface area contributed by atoms with E-state index in [1.165, 1.54) is 0 Å². The quantitative estimate of drug-likeness (QED) is 0.658. The normalized spacial score (nSPS) is 33.4. The van der Waals surface area contributed by atoms with Crippen molar-refractivity contribution in [3.63, 3.8) is 0 Å². The average molecular weight is 179 g/mol. The van der Waals surface area contributed by atoms with E-state index in [1.54, 1.807) is 18.2 Å². The van der Waals surface area contributed by atoms with E-state index in [2.05, 4.69) is 12.6 Å². The molecule has 1 fully saturated rings. The molecule has 3 nitrogen and oxygen atoms in total. The highest BCUT2D eigenvalue weighted by Crippen LogP contribution is 2.27. The molecule has 0 aromatic heterocycles. The zero-order valence-electron chi connectivity index (χ0n) is 7.39. The molecule has 0 unspecified atom stereocenters. The Balaban J connectivity index is 2.53. The molecule has 13 heavy (non-hydrogen) atoms. The third-order valence-corrected chi connectivity index (χ3v) is 2.07. The van der Waals surface area contributed by atoms with E-state index >= 15 is 0 Å². The smallest absolute Gasteiger partial charge is 0.0920 e. The summed E-state index contributed by atoms with van der Waals surface area (Å²) < 4.78 is 5.48. The number of ether oxygens (including phenoxy) is 1. The van der Waals surface area contributed by atoms with Gasteiger partial charge in [0, 0.05) is 0 Å². The molecule has 0 amide bonds. The molecule has 3 atom stereocenters. The third kappa shape index (κ3) is 2.41. The van der Waals surface area contributed by atoms with Crippen LogP contribution in [0.15, 0.2) is 24.8 Å². The number of nitrogens with zero attached hydrogens (tertiary/aromatic N) is 1. The summed E-state index contributed by atoms with van der Waals surface area (Å²) in [5.41, 5.74) is 0. The van der Waals surface area contributed by atoms with E-state index in [1.807, 2.05) is 0 Å². The van der Waals surface area contributed by atoms with Crippen molar-refractivity contribution >= 4 is 0 Å². The summed E-state index contributed by atoms with van der Waals surface area (Å²) in [5, 5.41) is 17.3. The fourth-order valence-electron chi connectivity index (χ4n) is 1.42. The van der Waals surface area contributed by atoms with Crippen LogP contribution in [0.1, 0.15) is 6.42 Å². The molecule has 1 saturated heterocycles. The summed E-state index contributed by atoms with van der Waals surface area (Å²) in [7, 11) is 0. The average Bonchev–Trinajstić information content (AvgIpc) is 2.57. The standard InChI is InChI=1S/C10H13NO2/c1-2-10-8(7-11)6-9(13-10)4-3-5-12/h2-4,8-10,12H,1,5-6H2/b4-3-/t8-,9+,10-/m0/s1. The molecule has 0 bridgehead atoms. The molecule has 0 saturated carbocycles. The fourth-order valence-corrected chi connectivity index (χ4v) is 1.42. The molecule has 0 spiro atoms. The van der Waals surface area contributed by atoms with Crippen LogP contribution >= 0.6 is 0 Å². The molecule has 1 rings (SSSR count). The number of rotatable bonds is 3. The van der Waals surface area contributed by atoms with E-state index in [0.29, 0.717) is 6.42 Å². The maximum absolute atomic E-state index is 8.76. The molecule has 0 aromatic carbocycles. The first kappa shape index (κ1) is 9.97. The van der Waals surface area contributed by atoms with E-state index in [-0.39, 0.29) is 24.7 Å². The minimum atomic E-state index is -0.168. The second kappa shape index (κ2) is 4.80. The van der Waals surface area contributed by atoms with Gasteiger partial charge >= 0.3 is 0 Å². The van der Waals surface area contributed by atoms with Crippen molar-refractivity contribution in [1.29, 1.82) is 5.26 Å². The monoisotopic (exact) mass is 179 g/mol. The Kier molecular flexibility index (Phi) is 3.69. The summed E-state index contributed by atoms with van der Waals surface area (Å²) in [5.74, 6) is -0.106. The Hall–Kier alpha value is -1.11. The highest BCUT2D eigenvalue weighted by atomic mass is 16.5. The molecule has 0 aliphatic carbocycles. The van der Waals surface area contributed by atoms with Crippen LogP contribution in [-0.2, 0) is 4.74 Å². The summed E-state index contributed by atoms with van der Waals surface area (Å²) in [6, 6.07) is 2.18. The van der Waals surface area contributed by atoms with Gasteiger partial charge in [-0.25, -0.2) is 0 Å². The van der Waals surface area contributed by atoms with Crippen molar-refractivity contribution in [3.05, 3.63) is 24.8 Å². The Morgan fingerprint density at radius 3 is 2.92 bits per heavy atom. The SMILES string of the molecule is C=C[C@@H]1O[C@H](/C=C\CO)C[C@H]1C#N. The first-order chi connectivity index (χ1) is 6.31. The molecule has 1 heterocycles.